The van der Waals surface area contributed by atoms with Crippen molar-refractivity contribution < 1.29 is 0 Å². The lowest BCUT2D eigenvalue weighted by Gasteiger charge is -2.24. The van der Waals surface area contributed by atoms with Crippen LogP contribution < -0.4 is 5.73 Å². The minimum absolute atomic E-state index is 0.119. The van der Waals surface area contributed by atoms with Crippen molar-refractivity contribution in [3.8, 4) is 0 Å². The van der Waals surface area contributed by atoms with Gasteiger partial charge in [-0.1, -0.05) is 19.9 Å². The van der Waals surface area contributed by atoms with Crippen molar-refractivity contribution in [1.29, 1.82) is 0 Å². The zero-order chi connectivity index (χ0) is 12.6. The molecule has 3 nitrogen and oxygen atoms in total. The summed E-state index contributed by atoms with van der Waals surface area (Å²) in [5, 5.41) is 0. The number of benzene rings is 1. The summed E-state index contributed by atoms with van der Waals surface area (Å²) in [6, 6.07) is 6.54. The molecule has 0 aliphatic rings. The van der Waals surface area contributed by atoms with Crippen molar-refractivity contribution >= 4 is 11.0 Å². The van der Waals surface area contributed by atoms with Crippen LogP contribution in [0.25, 0.3) is 11.0 Å². The summed E-state index contributed by atoms with van der Waals surface area (Å²) in [6.07, 6.45) is 0.990. The smallest absolute Gasteiger partial charge is 0.106 e. The molecule has 2 rings (SSSR count). The molecule has 1 aromatic heterocycles. The average molecular weight is 231 g/mol. The third-order valence-corrected chi connectivity index (χ3v) is 3.66. The Balaban J connectivity index is 2.51. The molecule has 0 spiro atoms. The van der Waals surface area contributed by atoms with Crippen LogP contribution in [-0.4, -0.2) is 16.1 Å². The molecule has 17 heavy (non-hydrogen) atoms. The summed E-state index contributed by atoms with van der Waals surface area (Å²) in [5.74, 6) is 1.05. The normalized spacial score (nSPS) is 12.3. The Bertz CT molecular complexity index is 538. The fourth-order valence-electron chi connectivity index (χ4n) is 2.25. The Morgan fingerprint density at radius 3 is 2.71 bits per heavy atom. The summed E-state index contributed by atoms with van der Waals surface area (Å²) < 4.78 is 2.12. The Kier molecular flexibility index (Phi) is 2.96. The quantitative estimate of drug-likeness (QED) is 0.882. The standard InChI is InChI=1S/C14H21N3/c1-10-16-12-9-11(14(2,3)7-8-15)5-6-13(12)17(10)4/h5-6,9H,7-8,15H2,1-4H3. The first kappa shape index (κ1) is 12.1. The molecule has 0 radical (unpaired) electrons. The third kappa shape index (κ3) is 2.07. The average Bonchev–Trinajstić information content (AvgIpc) is 2.54. The van der Waals surface area contributed by atoms with E-state index in [4.69, 9.17) is 5.73 Å². The minimum Gasteiger partial charge on any atom is -0.331 e. The molecule has 0 bridgehead atoms. The van der Waals surface area contributed by atoms with Gasteiger partial charge in [-0.25, -0.2) is 4.98 Å². The van der Waals surface area contributed by atoms with E-state index in [0.717, 1.165) is 17.8 Å². The van der Waals surface area contributed by atoms with Gasteiger partial charge in [-0.05, 0) is 43.0 Å². The van der Waals surface area contributed by atoms with Gasteiger partial charge >= 0.3 is 0 Å². The highest BCUT2D eigenvalue weighted by Crippen LogP contribution is 2.29. The molecule has 0 aliphatic carbocycles. The van der Waals surface area contributed by atoms with Gasteiger partial charge in [-0.2, -0.15) is 0 Å². The van der Waals surface area contributed by atoms with E-state index in [2.05, 4.69) is 48.6 Å². The topological polar surface area (TPSA) is 43.8 Å². The molecule has 1 aromatic carbocycles. The van der Waals surface area contributed by atoms with Crippen molar-refractivity contribution in [3.63, 3.8) is 0 Å². The van der Waals surface area contributed by atoms with Gasteiger partial charge in [0.1, 0.15) is 5.82 Å². The van der Waals surface area contributed by atoms with Crippen molar-refractivity contribution in [2.45, 2.75) is 32.6 Å². The Hall–Kier alpha value is -1.35. The Labute approximate surface area is 103 Å². The molecule has 2 aromatic rings. The van der Waals surface area contributed by atoms with Crippen molar-refractivity contribution in [2.24, 2.45) is 12.8 Å². The number of hydrogen-bond donors (Lipinski definition) is 1. The van der Waals surface area contributed by atoms with Crippen molar-refractivity contribution in [2.75, 3.05) is 6.54 Å². The van der Waals surface area contributed by atoms with Crippen LogP contribution in [0.2, 0.25) is 0 Å². The SMILES string of the molecule is Cc1nc2cc(C(C)(C)CCN)ccc2n1C. The van der Waals surface area contributed by atoms with Crippen LogP contribution in [0, 0.1) is 6.92 Å². The predicted octanol–water partition coefficient (Wildman–Crippen LogP) is 2.51. The lowest BCUT2D eigenvalue weighted by molar-refractivity contribution is 0.488. The van der Waals surface area contributed by atoms with E-state index in [9.17, 15) is 0 Å². The highest BCUT2D eigenvalue weighted by Gasteiger charge is 2.20. The molecule has 0 saturated carbocycles. The summed E-state index contributed by atoms with van der Waals surface area (Å²) >= 11 is 0. The third-order valence-electron chi connectivity index (χ3n) is 3.66. The molecule has 1 heterocycles. The van der Waals surface area contributed by atoms with Crippen molar-refractivity contribution in [3.05, 3.63) is 29.6 Å². The number of rotatable bonds is 3. The number of hydrogen-bond acceptors (Lipinski definition) is 2. The van der Waals surface area contributed by atoms with Gasteiger partial charge in [0.15, 0.2) is 0 Å². The van der Waals surface area contributed by atoms with Gasteiger partial charge in [0.2, 0.25) is 0 Å². The van der Waals surface area contributed by atoms with E-state index in [1.165, 1.54) is 11.1 Å². The van der Waals surface area contributed by atoms with Gasteiger partial charge in [0.25, 0.3) is 0 Å². The monoisotopic (exact) mass is 231 g/mol. The molecule has 2 N–H and O–H groups in total. The van der Waals surface area contributed by atoms with Crippen LogP contribution in [0.15, 0.2) is 18.2 Å². The molecule has 0 atom stereocenters. The van der Waals surface area contributed by atoms with Gasteiger partial charge in [-0.3, -0.25) is 0 Å². The summed E-state index contributed by atoms with van der Waals surface area (Å²) in [6.45, 7) is 7.21. The maximum absolute atomic E-state index is 5.67. The van der Waals surface area contributed by atoms with Gasteiger partial charge in [-0.15, -0.1) is 0 Å². The van der Waals surface area contributed by atoms with Crippen LogP contribution >= 0.6 is 0 Å². The zero-order valence-corrected chi connectivity index (χ0v) is 11.1. The second-order valence-electron chi connectivity index (χ2n) is 5.34. The van der Waals surface area contributed by atoms with Gasteiger partial charge < -0.3 is 10.3 Å². The summed E-state index contributed by atoms with van der Waals surface area (Å²) in [5.41, 5.74) is 9.37. The highest BCUT2D eigenvalue weighted by atomic mass is 15.0. The fourth-order valence-corrected chi connectivity index (χ4v) is 2.25. The summed E-state index contributed by atoms with van der Waals surface area (Å²) in [4.78, 5) is 4.58. The second kappa shape index (κ2) is 4.15. The number of nitrogens with two attached hydrogens (primary N) is 1. The maximum atomic E-state index is 5.67. The second-order valence-corrected chi connectivity index (χ2v) is 5.34. The number of fused-ring (bicyclic) bond motifs is 1. The van der Waals surface area contributed by atoms with Crippen LogP contribution in [-0.2, 0) is 12.5 Å². The van der Waals surface area contributed by atoms with Crippen LogP contribution in [0.3, 0.4) is 0 Å². The number of nitrogens with zero attached hydrogens (tertiary/aromatic N) is 2. The molecule has 0 fully saturated rings. The van der Waals surface area contributed by atoms with E-state index in [0.29, 0.717) is 6.54 Å². The zero-order valence-electron chi connectivity index (χ0n) is 11.1. The molecular formula is C14H21N3. The minimum atomic E-state index is 0.119. The Morgan fingerprint density at radius 1 is 1.35 bits per heavy atom. The summed E-state index contributed by atoms with van der Waals surface area (Å²) in [7, 11) is 2.05. The molecule has 0 amide bonds. The molecular weight excluding hydrogens is 210 g/mol. The first-order valence-electron chi connectivity index (χ1n) is 6.09. The molecule has 92 valence electrons. The fraction of sp³-hybridized carbons (Fsp3) is 0.500. The van der Waals surface area contributed by atoms with Crippen LogP contribution in [0.5, 0.6) is 0 Å². The molecule has 3 heteroatoms. The van der Waals surface area contributed by atoms with Crippen molar-refractivity contribution in [1.82, 2.24) is 9.55 Å². The van der Waals surface area contributed by atoms with E-state index < -0.39 is 0 Å². The Morgan fingerprint density at radius 2 is 2.06 bits per heavy atom. The van der Waals surface area contributed by atoms with Gasteiger partial charge in [0, 0.05) is 7.05 Å². The highest BCUT2D eigenvalue weighted by molar-refractivity contribution is 5.77. The first-order chi connectivity index (χ1) is 7.95. The van der Waals surface area contributed by atoms with E-state index >= 15 is 0 Å². The first-order valence-corrected chi connectivity index (χ1v) is 6.09. The predicted molar refractivity (Wildman–Crippen MR) is 72.1 cm³/mol. The van der Waals surface area contributed by atoms with Crippen LogP contribution in [0.1, 0.15) is 31.7 Å². The largest absolute Gasteiger partial charge is 0.331 e. The van der Waals surface area contributed by atoms with E-state index in [1.807, 2.05) is 6.92 Å². The van der Waals surface area contributed by atoms with Crippen LogP contribution in [0.4, 0.5) is 0 Å². The van der Waals surface area contributed by atoms with E-state index in [1.54, 1.807) is 0 Å². The number of aromatic nitrogens is 2. The van der Waals surface area contributed by atoms with Gasteiger partial charge in [0.05, 0.1) is 11.0 Å². The lowest BCUT2D eigenvalue weighted by Crippen LogP contribution is -2.21. The van der Waals surface area contributed by atoms with E-state index in [-0.39, 0.29) is 5.41 Å². The molecule has 0 aliphatic heterocycles. The number of imidazole rings is 1. The molecule has 0 saturated heterocycles. The maximum Gasteiger partial charge on any atom is 0.106 e. The number of aryl methyl sites for hydroxylation is 2. The lowest BCUT2D eigenvalue weighted by atomic mass is 9.81. The molecule has 0 unspecified atom stereocenters.